The number of rotatable bonds is 22. The zero-order valence-corrected chi connectivity index (χ0v) is 22.7. The van der Waals surface area contributed by atoms with Gasteiger partial charge in [0.15, 0.2) is 0 Å². The summed E-state index contributed by atoms with van der Waals surface area (Å²) in [5.74, 6) is 0. The van der Waals surface area contributed by atoms with E-state index in [2.05, 4.69) is 13.8 Å². The van der Waals surface area contributed by atoms with Crippen LogP contribution in [-0.2, 0) is 53.5 Å². The van der Waals surface area contributed by atoms with Crippen LogP contribution in [0.15, 0.2) is 0 Å². The van der Waals surface area contributed by atoms with Crippen LogP contribution in [0.5, 0.6) is 0 Å². The maximum absolute atomic E-state index is 6.62. The molecule has 10 nitrogen and oxygen atoms in total. The van der Waals surface area contributed by atoms with E-state index in [1.165, 1.54) is 0 Å². The fourth-order valence-electron chi connectivity index (χ4n) is 2.94. The molecule has 0 N–H and O–H groups in total. The van der Waals surface area contributed by atoms with Crippen molar-refractivity contribution in [1.29, 1.82) is 0 Å². The minimum absolute atomic E-state index is 0.297. The standard InChI is InChI=1S/2C6H15NO3.2C4H9O.Ti/c2*1-4-8-7(9-5-2)10-6-3;2*1-2-3-4-5;/h2*4-6H2,1-3H3;2*2-4H2,1H3;/q;;2*-1;+4. The molecule has 0 aromatic rings. The molecule has 0 unspecified atom stereocenters. The first-order valence-corrected chi connectivity index (χ1v) is 14.6. The quantitative estimate of drug-likeness (QED) is 0.122. The Morgan fingerprint density at radius 2 is 0.710 bits per heavy atom. The molecule has 0 aromatic carbocycles. The predicted octanol–water partition coefficient (Wildman–Crippen LogP) is 4.78. The van der Waals surface area contributed by atoms with Gasteiger partial charge in [0, 0.05) is 0 Å². The van der Waals surface area contributed by atoms with Crippen LogP contribution in [0.3, 0.4) is 0 Å². The first-order chi connectivity index (χ1) is 15.0. The molecule has 0 saturated carbocycles. The van der Waals surface area contributed by atoms with E-state index in [-0.39, 0.29) is 0 Å². The van der Waals surface area contributed by atoms with Crippen LogP contribution < -0.4 is 0 Å². The SMILES string of the molecule is CCCC[O][Ti]([O]CCCC)([N+](OCC)(OCC)OCC)[N+](OCC)(OCC)OCC. The molecule has 0 aliphatic heterocycles. The van der Waals surface area contributed by atoms with Crippen molar-refractivity contribution >= 4 is 0 Å². The number of quaternary nitrogens is 2. The molecule has 0 radical (unpaired) electrons. The summed E-state index contributed by atoms with van der Waals surface area (Å²) >= 11 is -4.75. The summed E-state index contributed by atoms with van der Waals surface area (Å²) in [5, 5.41) is 0. The third-order valence-electron chi connectivity index (χ3n) is 4.06. The Morgan fingerprint density at radius 3 is 0.903 bits per heavy atom. The summed E-state index contributed by atoms with van der Waals surface area (Å²) in [6, 6.07) is 0. The molecule has 0 heterocycles. The Hall–Kier alpha value is 0.314. The van der Waals surface area contributed by atoms with Crippen molar-refractivity contribution in [2.24, 2.45) is 0 Å². The third kappa shape index (κ3) is 8.24. The second-order valence-corrected chi connectivity index (χ2v) is 10.8. The third-order valence-corrected chi connectivity index (χ3v) is 9.25. The summed E-state index contributed by atoms with van der Waals surface area (Å²) in [7, 11) is 0. The Balaban J connectivity index is 6.97. The van der Waals surface area contributed by atoms with Gasteiger partial charge in [0.25, 0.3) is 0 Å². The summed E-state index contributed by atoms with van der Waals surface area (Å²) < 4.78 is 11.8. The molecule has 11 heteroatoms. The van der Waals surface area contributed by atoms with Crippen LogP contribution in [0, 0.1) is 0 Å². The van der Waals surface area contributed by atoms with Crippen molar-refractivity contribution in [2.45, 2.75) is 81.1 Å². The van der Waals surface area contributed by atoms with Gasteiger partial charge in [-0.3, -0.25) is 0 Å². The first-order valence-electron chi connectivity index (χ1n) is 11.9. The molecule has 0 saturated heterocycles. The van der Waals surface area contributed by atoms with Gasteiger partial charge in [0.05, 0.1) is 0 Å². The average Bonchev–Trinajstić information content (AvgIpc) is 2.73. The Kier molecular flexibility index (Phi) is 17.9. The number of hydrogen-bond acceptors (Lipinski definition) is 8. The van der Waals surface area contributed by atoms with Crippen LogP contribution in [0.2, 0.25) is 0 Å². The van der Waals surface area contributed by atoms with Crippen LogP contribution >= 0.6 is 0 Å². The maximum atomic E-state index is 6.62. The van der Waals surface area contributed by atoms with Gasteiger partial charge in [-0.2, -0.15) is 0 Å². The molecule has 0 aliphatic carbocycles. The van der Waals surface area contributed by atoms with Gasteiger partial charge in [0.1, 0.15) is 0 Å². The van der Waals surface area contributed by atoms with Gasteiger partial charge in [-0.05, 0) is 0 Å². The van der Waals surface area contributed by atoms with Crippen molar-refractivity contribution in [1.82, 2.24) is 0 Å². The number of hydrogen-bond donors (Lipinski definition) is 0. The Morgan fingerprint density at radius 1 is 0.452 bits per heavy atom. The topological polar surface area (TPSA) is 73.8 Å². The van der Waals surface area contributed by atoms with E-state index in [0.29, 0.717) is 52.9 Å². The Labute approximate surface area is 194 Å². The van der Waals surface area contributed by atoms with E-state index in [1.54, 1.807) is 0 Å². The fraction of sp³-hybridized carbons (Fsp3) is 1.00. The second kappa shape index (κ2) is 17.7. The summed E-state index contributed by atoms with van der Waals surface area (Å²) in [4.78, 5) is 36.9. The average molecular weight is 492 g/mol. The van der Waals surface area contributed by atoms with Crippen molar-refractivity contribution < 1.29 is 60.4 Å². The van der Waals surface area contributed by atoms with Crippen molar-refractivity contribution in [3.05, 3.63) is 0 Å². The van der Waals surface area contributed by atoms with Gasteiger partial charge in [-0.15, -0.1) is 0 Å². The van der Waals surface area contributed by atoms with E-state index < -0.39 is 24.8 Å². The van der Waals surface area contributed by atoms with Crippen molar-refractivity contribution in [2.75, 3.05) is 52.9 Å². The van der Waals surface area contributed by atoms with Crippen molar-refractivity contribution in [3.8, 4) is 0 Å². The monoisotopic (exact) mass is 492 g/mol. The summed E-state index contributed by atoms with van der Waals surface area (Å²) in [5.41, 5.74) is 0. The molecule has 0 spiro atoms. The van der Waals surface area contributed by atoms with Crippen LogP contribution in [0.4, 0.5) is 0 Å². The van der Waals surface area contributed by atoms with E-state index >= 15 is 0 Å². The van der Waals surface area contributed by atoms with Gasteiger partial charge in [-0.25, -0.2) is 0 Å². The summed E-state index contributed by atoms with van der Waals surface area (Å²) in [6.45, 7) is 18.0. The van der Waals surface area contributed by atoms with Gasteiger partial charge in [-0.1, -0.05) is 0 Å². The van der Waals surface area contributed by atoms with Crippen LogP contribution in [0.25, 0.3) is 0 Å². The minimum atomic E-state index is -4.75. The van der Waals surface area contributed by atoms with Gasteiger partial charge in [0.2, 0.25) is 0 Å². The molecule has 0 aromatic heterocycles. The van der Waals surface area contributed by atoms with Gasteiger partial charge < -0.3 is 0 Å². The molecule has 0 atom stereocenters. The molecule has 0 bridgehead atoms. The molecule has 0 amide bonds. The molecule has 0 aliphatic rings. The fourth-order valence-corrected chi connectivity index (χ4v) is 8.55. The number of nitrogens with zero attached hydrogens (tertiary/aromatic N) is 2. The van der Waals surface area contributed by atoms with E-state index in [4.69, 9.17) is 35.7 Å². The second-order valence-electron chi connectivity index (χ2n) is 6.45. The molecule has 188 valence electrons. The van der Waals surface area contributed by atoms with Crippen molar-refractivity contribution in [3.63, 3.8) is 0 Å². The Bertz CT molecular complexity index is 362. The number of unbranched alkanes of at least 4 members (excludes halogenated alkanes) is 2. The van der Waals surface area contributed by atoms with E-state index in [9.17, 15) is 0 Å². The molecular formula is C20H48N2O8Ti+2. The summed E-state index contributed by atoms with van der Waals surface area (Å²) in [6.07, 6.45) is 3.53. The van der Waals surface area contributed by atoms with Gasteiger partial charge >= 0.3 is 194 Å². The molecular weight excluding hydrogens is 444 g/mol. The van der Waals surface area contributed by atoms with E-state index in [0.717, 1.165) is 25.7 Å². The zero-order valence-electron chi connectivity index (χ0n) is 21.1. The molecule has 0 rings (SSSR count). The first kappa shape index (κ1) is 31.3. The normalized spacial score (nSPS) is 13.2. The van der Waals surface area contributed by atoms with E-state index in [1.807, 2.05) is 41.5 Å². The molecule has 0 fully saturated rings. The molecule has 31 heavy (non-hydrogen) atoms. The van der Waals surface area contributed by atoms with Crippen LogP contribution in [0.1, 0.15) is 81.1 Å². The predicted molar refractivity (Wildman–Crippen MR) is 112 cm³/mol. The van der Waals surface area contributed by atoms with Crippen LogP contribution in [-0.4, -0.2) is 59.8 Å². The zero-order chi connectivity index (χ0) is 23.6.